The van der Waals surface area contributed by atoms with Crippen LogP contribution >= 0.6 is 15.9 Å². The number of nitrogens with zero attached hydrogens (tertiary/aromatic N) is 5. The Labute approximate surface area is 172 Å². The molecule has 0 amide bonds. The highest BCUT2D eigenvalue weighted by atomic mass is 79.9. The number of rotatable bonds is 4. The molecule has 0 atom stereocenters. The smallest absolute Gasteiger partial charge is 0.153 e. The molecule has 1 aliphatic rings. The van der Waals surface area contributed by atoms with Crippen LogP contribution in [-0.4, -0.2) is 45.8 Å². The SMILES string of the molecule is Cc1nn(-c2ccccn2)c(C)c1N1CCN(Cc2ccc(F)c(Br)c2)CC1. The molecule has 1 fully saturated rings. The third-order valence-corrected chi connectivity index (χ3v) is 5.81. The van der Waals surface area contributed by atoms with Crippen molar-refractivity contribution in [2.75, 3.05) is 31.1 Å². The lowest BCUT2D eigenvalue weighted by atomic mass is 10.2. The topological polar surface area (TPSA) is 37.2 Å². The van der Waals surface area contributed by atoms with Crippen molar-refractivity contribution < 1.29 is 4.39 Å². The minimum absolute atomic E-state index is 0.218. The molecule has 3 heterocycles. The molecule has 0 unspecified atom stereocenters. The van der Waals surface area contributed by atoms with Gasteiger partial charge >= 0.3 is 0 Å². The van der Waals surface area contributed by atoms with Crippen LogP contribution in [0.3, 0.4) is 0 Å². The molecule has 0 saturated carbocycles. The summed E-state index contributed by atoms with van der Waals surface area (Å²) in [7, 11) is 0. The molecule has 0 aliphatic carbocycles. The average Bonchev–Trinajstić information content (AvgIpc) is 3.00. The zero-order valence-electron chi connectivity index (χ0n) is 16.1. The van der Waals surface area contributed by atoms with Gasteiger partial charge in [-0.05, 0) is 59.6 Å². The van der Waals surface area contributed by atoms with Crippen molar-refractivity contribution in [3.63, 3.8) is 0 Å². The Bertz CT molecular complexity index is 964. The maximum Gasteiger partial charge on any atom is 0.153 e. The molecule has 5 nitrogen and oxygen atoms in total. The fourth-order valence-corrected chi connectivity index (χ4v) is 4.25. The van der Waals surface area contributed by atoms with Gasteiger partial charge in [0.25, 0.3) is 0 Å². The first-order chi connectivity index (χ1) is 13.5. The van der Waals surface area contributed by atoms with Gasteiger partial charge in [0, 0.05) is 38.9 Å². The average molecular weight is 444 g/mol. The molecule has 0 spiro atoms. The first-order valence-electron chi connectivity index (χ1n) is 9.42. The molecule has 146 valence electrons. The Kier molecular flexibility index (Phi) is 5.46. The predicted molar refractivity (Wildman–Crippen MR) is 112 cm³/mol. The van der Waals surface area contributed by atoms with E-state index in [1.54, 1.807) is 6.20 Å². The van der Waals surface area contributed by atoms with E-state index in [0.717, 1.165) is 55.5 Å². The van der Waals surface area contributed by atoms with Crippen molar-refractivity contribution in [3.8, 4) is 5.82 Å². The third kappa shape index (κ3) is 3.82. The first-order valence-corrected chi connectivity index (χ1v) is 10.2. The first kappa shape index (κ1) is 19.1. The highest BCUT2D eigenvalue weighted by Crippen LogP contribution is 2.27. The number of halogens is 2. The Morgan fingerprint density at radius 2 is 1.86 bits per heavy atom. The predicted octanol–water partition coefficient (Wildman–Crippen LogP) is 4.11. The van der Waals surface area contributed by atoms with Crippen LogP contribution in [0.2, 0.25) is 0 Å². The zero-order valence-corrected chi connectivity index (χ0v) is 17.7. The quantitative estimate of drug-likeness (QED) is 0.607. The summed E-state index contributed by atoms with van der Waals surface area (Å²) in [5.41, 5.74) is 4.47. The van der Waals surface area contributed by atoms with Crippen LogP contribution in [0.5, 0.6) is 0 Å². The Morgan fingerprint density at radius 1 is 1.07 bits per heavy atom. The van der Waals surface area contributed by atoms with E-state index >= 15 is 0 Å². The molecular weight excluding hydrogens is 421 g/mol. The lowest BCUT2D eigenvalue weighted by molar-refractivity contribution is 0.249. The zero-order chi connectivity index (χ0) is 19.7. The van der Waals surface area contributed by atoms with Crippen molar-refractivity contribution in [1.82, 2.24) is 19.7 Å². The molecule has 3 aromatic rings. The van der Waals surface area contributed by atoms with Gasteiger partial charge in [0.2, 0.25) is 0 Å². The normalized spacial score (nSPS) is 15.2. The number of hydrogen-bond acceptors (Lipinski definition) is 4. The lowest BCUT2D eigenvalue weighted by Gasteiger charge is -2.36. The highest BCUT2D eigenvalue weighted by Gasteiger charge is 2.23. The van der Waals surface area contributed by atoms with Crippen LogP contribution in [0.1, 0.15) is 17.0 Å². The van der Waals surface area contributed by atoms with Crippen molar-refractivity contribution in [2.24, 2.45) is 0 Å². The van der Waals surface area contributed by atoms with Gasteiger partial charge in [-0.2, -0.15) is 5.10 Å². The van der Waals surface area contributed by atoms with Gasteiger partial charge in [-0.3, -0.25) is 4.90 Å². The number of piperazine rings is 1. The second kappa shape index (κ2) is 8.01. The molecule has 2 aromatic heterocycles. The van der Waals surface area contributed by atoms with E-state index in [4.69, 9.17) is 5.10 Å². The second-order valence-electron chi connectivity index (χ2n) is 7.13. The summed E-state index contributed by atoms with van der Waals surface area (Å²) < 4.78 is 15.9. The fraction of sp³-hybridized carbons (Fsp3) is 0.333. The summed E-state index contributed by atoms with van der Waals surface area (Å²) in [6, 6.07) is 11.1. The highest BCUT2D eigenvalue weighted by molar-refractivity contribution is 9.10. The number of pyridine rings is 1. The van der Waals surface area contributed by atoms with Gasteiger partial charge in [-0.15, -0.1) is 0 Å². The standard InChI is InChI=1S/C21H23BrFN5/c1-15-21(16(2)28(25-15)20-5-3-4-8-24-20)27-11-9-26(10-12-27)14-17-6-7-19(23)18(22)13-17/h3-8,13H,9-12,14H2,1-2H3. The van der Waals surface area contributed by atoms with Gasteiger partial charge in [-0.25, -0.2) is 14.1 Å². The monoisotopic (exact) mass is 443 g/mol. The van der Waals surface area contributed by atoms with Crippen molar-refractivity contribution in [3.05, 3.63) is 69.8 Å². The van der Waals surface area contributed by atoms with E-state index in [-0.39, 0.29) is 5.82 Å². The molecule has 28 heavy (non-hydrogen) atoms. The summed E-state index contributed by atoms with van der Waals surface area (Å²) >= 11 is 3.27. The van der Waals surface area contributed by atoms with E-state index in [0.29, 0.717) is 4.47 Å². The number of aryl methyl sites for hydroxylation is 1. The van der Waals surface area contributed by atoms with Crippen LogP contribution in [-0.2, 0) is 6.54 Å². The molecule has 1 saturated heterocycles. The van der Waals surface area contributed by atoms with Crippen LogP contribution < -0.4 is 4.90 Å². The number of aromatic nitrogens is 3. The summed E-state index contributed by atoms with van der Waals surface area (Å²) in [6.07, 6.45) is 1.79. The molecular formula is C21H23BrFN5. The van der Waals surface area contributed by atoms with Crippen molar-refractivity contribution in [1.29, 1.82) is 0 Å². The summed E-state index contributed by atoms with van der Waals surface area (Å²) in [4.78, 5) is 9.24. The lowest BCUT2D eigenvalue weighted by Crippen LogP contribution is -2.46. The molecule has 1 aliphatic heterocycles. The summed E-state index contributed by atoms with van der Waals surface area (Å²) in [6.45, 7) is 8.80. The van der Waals surface area contributed by atoms with E-state index in [1.165, 1.54) is 11.8 Å². The van der Waals surface area contributed by atoms with E-state index in [9.17, 15) is 4.39 Å². The Hall–Kier alpha value is -2.25. The molecule has 0 N–H and O–H groups in total. The maximum absolute atomic E-state index is 13.4. The van der Waals surface area contributed by atoms with E-state index in [2.05, 4.69) is 44.6 Å². The number of anilines is 1. The van der Waals surface area contributed by atoms with E-state index in [1.807, 2.05) is 35.0 Å². The molecule has 4 rings (SSSR count). The van der Waals surface area contributed by atoms with Gasteiger partial charge < -0.3 is 4.90 Å². The summed E-state index contributed by atoms with van der Waals surface area (Å²) in [5.74, 6) is 0.624. The van der Waals surface area contributed by atoms with Gasteiger partial charge in [0.15, 0.2) is 5.82 Å². The van der Waals surface area contributed by atoms with Gasteiger partial charge in [0.1, 0.15) is 5.82 Å². The molecule has 7 heteroatoms. The maximum atomic E-state index is 13.4. The van der Waals surface area contributed by atoms with Crippen molar-refractivity contribution in [2.45, 2.75) is 20.4 Å². The Balaban J connectivity index is 1.45. The van der Waals surface area contributed by atoms with Crippen molar-refractivity contribution >= 4 is 21.6 Å². The van der Waals surface area contributed by atoms with Gasteiger partial charge in [0.05, 0.1) is 21.5 Å². The Morgan fingerprint density at radius 3 is 2.54 bits per heavy atom. The largest absolute Gasteiger partial charge is 0.366 e. The molecule has 0 radical (unpaired) electrons. The van der Waals surface area contributed by atoms with Crippen LogP contribution in [0.15, 0.2) is 47.1 Å². The number of hydrogen-bond donors (Lipinski definition) is 0. The third-order valence-electron chi connectivity index (χ3n) is 5.20. The van der Waals surface area contributed by atoms with Crippen LogP contribution in [0.25, 0.3) is 5.82 Å². The number of benzene rings is 1. The second-order valence-corrected chi connectivity index (χ2v) is 7.99. The van der Waals surface area contributed by atoms with Gasteiger partial charge in [-0.1, -0.05) is 12.1 Å². The minimum Gasteiger partial charge on any atom is -0.366 e. The summed E-state index contributed by atoms with van der Waals surface area (Å²) in [5, 5.41) is 4.72. The minimum atomic E-state index is -0.218. The fourth-order valence-electron chi connectivity index (χ4n) is 3.82. The van der Waals surface area contributed by atoms with Crippen LogP contribution in [0, 0.1) is 19.7 Å². The molecule has 0 bridgehead atoms. The molecule has 1 aromatic carbocycles. The van der Waals surface area contributed by atoms with Crippen LogP contribution in [0.4, 0.5) is 10.1 Å². The van der Waals surface area contributed by atoms with E-state index < -0.39 is 0 Å².